The topological polar surface area (TPSA) is 54.0 Å². The van der Waals surface area contributed by atoms with Gasteiger partial charge in [-0.25, -0.2) is 0 Å². The molecule has 0 saturated heterocycles. The van der Waals surface area contributed by atoms with E-state index in [1.54, 1.807) is 13.8 Å². The Morgan fingerprint density at radius 2 is 1.71 bits per heavy atom. The van der Waals surface area contributed by atoms with Gasteiger partial charge in [-0.15, -0.1) is 0 Å². The van der Waals surface area contributed by atoms with Crippen molar-refractivity contribution in [3.8, 4) is 0 Å². The van der Waals surface area contributed by atoms with E-state index in [1.807, 2.05) is 37.3 Å². The molecule has 0 aliphatic rings. The molecule has 0 heterocycles. The molecule has 0 N–H and O–H groups in total. The Labute approximate surface area is 127 Å². The average Bonchev–Trinajstić information content (AvgIpc) is 2.47. The third kappa shape index (κ3) is 7.74. The molecule has 0 spiro atoms. The van der Waals surface area contributed by atoms with Gasteiger partial charge in [-0.2, -0.15) is 0 Å². The summed E-state index contributed by atoms with van der Waals surface area (Å²) in [6.07, 6.45) is -0.143. The largest absolute Gasteiger partial charge is 0.371 e. The predicted molar refractivity (Wildman–Crippen MR) is 82.4 cm³/mol. The first kappa shape index (κ1) is 18.3. The van der Waals surface area contributed by atoms with E-state index < -0.39 is 7.60 Å². The number of rotatable bonds is 11. The van der Waals surface area contributed by atoms with Crippen LogP contribution in [-0.2, 0) is 29.7 Å². The second-order valence-corrected chi connectivity index (χ2v) is 6.55. The lowest BCUT2D eigenvalue weighted by Crippen LogP contribution is -2.17. The highest BCUT2D eigenvalue weighted by atomic mass is 31.2. The van der Waals surface area contributed by atoms with Crippen molar-refractivity contribution in [2.45, 2.75) is 33.5 Å². The molecule has 5 nitrogen and oxygen atoms in total. The normalized spacial score (nSPS) is 13.3. The Hall–Kier alpha value is -0.710. The molecule has 21 heavy (non-hydrogen) atoms. The molecule has 0 amide bonds. The highest BCUT2D eigenvalue weighted by Crippen LogP contribution is 2.47. The molecule has 0 fully saturated rings. The number of ether oxygens (including phenoxy) is 2. The molecular formula is C15H25O5P. The lowest BCUT2D eigenvalue weighted by Gasteiger charge is -2.18. The van der Waals surface area contributed by atoms with E-state index in [2.05, 4.69) is 0 Å². The predicted octanol–water partition coefficient (Wildman–Crippen LogP) is 3.83. The summed E-state index contributed by atoms with van der Waals surface area (Å²) in [6.45, 7) is 7.00. The number of hydrogen-bond acceptors (Lipinski definition) is 5. The molecular weight excluding hydrogens is 291 g/mol. The molecule has 1 aromatic carbocycles. The van der Waals surface area contributed by atoms with Gasteiger partial charge in [0.05, 0.1) is 32.5 Å². The van der Waals surface area contributed by atoms with Gasteiger partial charge in [0.25, 0.3) is 0 Å². The summed E-state index contributed by atoms with van der Waals surface area (Å²) in [6, 6.07) is 9.92. The van der Waals surface area contributed by atoms with Crippen LogP contribution < -0.4 is 0 Å². The monoisotopic (exact) mass is 316 g/mol. The highest BCUT2D eigenvalue weighted by Gasteiger charge is 2.24. The molecule has 0 aliphatic heterocycles. The SMILES string of the molecule is CCOP(=O)(COC[C@H](C)OCc1ccccc1)OCC. The Morgan fingerprint density at radius 3 is 2.29 bits per heavy atom. The van der Waals surface area contributed by atoms with E-state index in [1.165, 1.54) is 0 Å². The van der Waals surface area contributed by atoms with Crippen LogP contribution in [-0.4, -0.2) is 32.3 Å². The van der Waals surface area contributed by atoms with Crippen molar-refractivity contribution >= 4 is 7.60 Å². The molecule has 0 aliphatic carbocycles. The molecule has 0 aromatic heterocycles. The minimum absolute atomic E-state index is 0.0479. The van der Waals surface area contributed by atoms with Crippen LogP contribution in [0, 0.1) is 0 Å². The molecule has 1 rings (SSSR count). The van der Waals surface area contributed by atoms with Crippen LogP contribution in [0.15, 0.2) is 30.3 Å². The number of benzene rings is 1. The third-order valence-electron chi connectivity index (χ3n) is 2.63. The summed E-state index contributed by atoms with van der Waals surface area (Å²) in [7, 11) is -3.13. The standard InChI is InChI=1S/C15H25O5P/c1-4-19-21(16,20-5-2)13-17-11-14(3)18-12-15-9-7-6-8-10-15/h6-10,14H,4-5,11-13H2,1-3H3/t14-/m0/s1. The fourth-order valence-electron chi connectivity index (χ4n) is 1.70. The summed E-state index contributed by atoms with van der Waals surface area (Å²) in [5.41, 5.74) is 1.11. The summed E-state index contributed by atoms with van der Waals surface area (Å²) in [4.78, 5) is 0. The van der Waals surface area contributed by atoms with Crippen molar-refractivity contribution in [3.05, 3.63) is 35.9 Å². The van der Waals surface area contributed by atoms with Gasteiger partial charge >= 0.3 is 7.60 Å². The molecule has 0 unspecified atom stereocenters. The zero-order chi connectivity index (χ0) is 15.6. The van der Waals surface area contributed by atoms with Gasteiger partial charge < -0.3 is 18.5 Å². The summed E-state index contributed by atoms with van der Waals surface area (Å²) < 4.78 is 33.5. The van der Waals surface area contributed by atoms with E-state index in [0.29, 0.717) is 26.4 Å². The molecule has 0 bridgehead atoms. The van der Waals surface area contributed by atoms with E-state index in [-0.39, 0.29) is 12.5 Å². The molecule has 1 aromatic rings. The fourth-order valence-corrected chi connectivity index (χ4v) is 3.04. The fraction of sp³-hybridized carbons (Fsp3) is 0.600. The maximum Gasteiger partial charge on any atom is 0.356 e. The lowest BCUT2D eigenvalue weighted by atomic mass is 10.2. The van der Waals surface area contributed by atoms with Crippen molar-refractivity contribution in [1.29, 1.82) is 0 Å². The zero-order valence-electron chi connectivity index (χ0n) is 13.0. The van der Waals surface area contributed by atoms with Crippen LogP contribution in [0.1, 0.15) is 26.3 Å². The van der Waals surface area contributed by atoms with Crippen LogP contribution in [0.4, 0.5) is 0 Å². The lowest BCUT2D eigenvalue weighted by molar-refractivity contribution is -0.00845. The number of hydrogen-bond donors (Lipinski definition) is 0. The maximum atomic E-state index is 12.2. The molecule has 1 atom stereocenters. The average molecular weight is 316 g/mol. The summed E-state index contributed by atoms with van der Waals surface area (Å²) >= 11 is 0. The maximum absolute atomic E-state index is 12.2. The molecule has 0 saturated carbocycles. The van der Waals surface area contributed by atoms with Crippen molar-refractivity contribution < 1.29 is 23.1 Å². The quantitative estimate of drug-likeness (QED) is 0.581. The van der Waals surface area contributed by atoms with Crippen molar-refractivity contribution in [3.63, 3.8) is 0 Å². The first-order chi connectivity index (χ1) is 10.1. The van der Waals surface area contributed by atoms with E-state index >= 15 is 0 Å². The molecule has 6 heteroatoms. The van der Waals surface area contributed by atoms with E-state index in [4.69, 9.17) is 18.5 Å². The second-order valence-electron chi connectivity index (χ2n) is 4.55. The van der Waals surface area contributed by atoms with E-state index in [9.17, 15) is 4.57 Å². The van der Waals surface area contributed by atoms with Gasteiger partial charge in [0, 0.05) is 0 Å². The van der Waals surface area contributed by atoms with Crippen LogP contribution in [0.3, 0.4) is 0 Å². The van der Waals surface area contributed by atoms with E-state index in [0.717, 1.165) is 5.56 Å². The Balaban J connectivity index is 2.26. The zero-order valence-corrected chi connectivity index (χ0v) is 13.9. The van der Waals surface area contributed by atoms with Crippen LogP contribution in [0.2, 0.25) is 0 Å². The third-order valence-corrected chi connectivity index (χ3v) is 4.43. The van der Waals surface area contributed by atoms with Gasteiger partial charge in [-0.3, -0.25) is 4.57 Å². The minimum atomic E-state index is -3.13. The van der Waals surface area contributed by atoms with Crippen LogP contribution in [0.5, 0.6) is 0 Å². The highest BCUT2D eigenvalue weighted by molar-refractivity contribution is 7.53. The smallest absolute Gasteiger partial charge is 0.356 e. The van der Waals surface area contributed by atoms with Crippen LogP contribution >= 0.6 is 7.60 Å². The van der Waals surface area contributed by atoms with Gasteiger partial charge in [-0.1, -0.05) is 30.3 Å². The summed E-state index contributed by atoms with van der Waals surface area (Å²) in [5, 5.41) is 0. The van der Waals surface area contributed by atoms with Gasteiger partial charge in [-0.05, 0) is 26.3 Å². The Kier molecular flexibility index (Phi) is 8.81. The second kappa shape index (κ2) is 10.1. The first-order valence-electron chi connectivity index (χ1n) is 7.21. The Morgan fingerprint density at radius 1 is 1.10 bits per heavy atom. The molecule has 120 valence electrons. The Bertz CT molecular complexity index is 413. The van der Waals surface area contributed by atoms with Gasteiger partial charge in [0.15, 0.2) is 0 Å². The van der Waals surface area contributed by atoms with Crippen molar-refractivity contribution in [2.75, 3.05) is 26.2 Å². The van der Waals surface area contributed by atoms with Crippen molar-refractivity contribution in [1.82, 2.24) is 0 Å². The van der Waals surface area contributed by atoms with Gasteiger partial charge in [0.2, 0.25) is 0 Å². The first-order valence-corrected chi connectivity index (χ1v) is 8.93. The van der Waals surface area contributed by atoms with Gasteiger partial charge in [0.1, 0.15) is 6.35 Å². The molecule has 0 radical (unpaired) electrons. The van der Waals surface area contributed by atoms with Crippen LogP contribution in [0.25, 0.3) is 0 Å². The van der Waals surface area contributed by atoms with Crippen molar-refractivity contribution in [2.24, 2.45) is 0 Å². The summed E-state index contributed by atoms with van der Waals surface area (Å²) in [5.74, 6) is 0. The minimum Gasteiger partial charge on any atom is -0.371 e.